The van der Waals surface area contributed by atoms with Gasteiger partial charge >= 0.3 is 5.97 Å². The smallest absolute Gasteiger partial charge is 0.341 e. The number of carbonyl (C=O) groups excluding carboxylic acids is 1. The van der Waals surface area contributed by atoms with E-state index in [-0.39, 0.29) is 11.4 Å². The number of pyridine rings is 1. The van der Waals surface area contributed by atoms with E-state index in [2.05, 4.69) is 24.1 Å². The van der Waals surface area contributed by atoms with Gasteiger partial charge < -0.3 is 15.8 Å². The van der Waals surface area contributed by atoms with Crippen LogP contribution in [0.15, 0.2) is 6.07 Å². The normalized spacial score (nSPS) is 17.1. The molecule has 1 aromatic rings. The Morgan fingerprint density at radius 1 is 1.61 bits per heavy atom. The van der Waals surface area contributed by atoms with Gasteiger partial charge in [-0.15, -0.1) is 0 Å². The van der Waals surface area contributed by atoms with Crippen molar-refractivity contribution in [1.82, 2.24) is 10.3 Å². The Morgan fingerprint density at radius 2 is 2.33 bits per heavy atom. The van der Waals surface area contributed by atoms with Crippen molar-refractivity contribution in [2.75, 3.05) is 18.9 Å². The molecule has 0 saturated carbocycles. The minimum Gasteiger partial charge on any atom is -0.462 e. The number of carbonyl (C=O) groups is 1. The van der Waals surface area contributed by atoms with Crippen LogP contribution in [0.25, 0.3) is 0 Å². The van der Waals surface area contributed by atoms with E-state index in [4.69, 9.17) is 10.5 Å². The Bertz CT molecular complexity index is 483. The molecule has 0 aliphatic carbocycles. The second-order valence-corrected chi connectivity index (χ2v) is 4.95. The maximum absolute atomic E-state index is 11.8. The van der Waals surface area contributed by atoms with Gasteiger partial charge in [0.2, 0.25) is 0 Å². The molecule has 5 heteroatoms. The number of hydrogen-bond donors (Lipinski definition) is 2. The Balaban J connectivity index is 2.46. The maximum Gasteiger partial charge on any atom is 0.341 e. The fraction of sp³-hybridized carbons (Fsp3) is 0.538. The SMILES string of the molecule is CCOC(=O)c1cc2c(nc1N)C(C)(C)NCC2. The molecule has 0 fully saturated rings. The summed E-state index contributed by atoms with van der Waals surface area (Å²) in [5, 5.41) is 3.38. The molecule has 1 aliphatic rings. The summed E-state index contributed by atoms with van der Waals surface area (Å²) in [4.78, 5) is 16.1. The molecule has 0 atom stereocenters. The number of anilines is 1. The van der Waals surface area contributed by atoms with Crippen LogP contribution in [0.2, 0.25) is 0 Å². The van der Waals surface area contributed by atoms with Crippen molar-refractivity contribution in [2.45, 2.75) is 32.7 Å². The molecule has 5 nitrogen and oxygen atoms in total. The molecular weight excluding hydrogens is 230 g/mol. The van der Waals surface area contributed by atoms with Crippen molar-refractivity contribution in [2.24, 2.45) is 0 Å². The summed E-state index contributed by atoms with van der Waals surface area (Å²) in [6.45, 7) is 7.09. The average Bonchev–Trinajstić information content (AvgIpc) is 2.29. The number of nitrogens with two attached hydrogens (primary N) is 1. The number of nitrogens with one attached hydrogen (secondary N) is 1. The lowest BCUT2D eigenvalue weighted by Gasteiger charge is -2.33. The van der Waals surface area contributed by atoms with Crippen molar-refractivity contribution in [3.8, 4) is 0 Å². The van der Waals surface area contributed by atoms with Crippen molar-refractivity contribution >= 4 is 11.8 Å². The zero-order valence-corrected chi connectivity index (χ0v) is 11.0. The summed E-state index contributed by atoms with van der Waals surface area (Å²) in [5.74, 6) is -0.161. The predicted molar refractivity (Wildman–Crippen MR) is 69.3 cm³/mol. The van der Waals surface area contributed by atoms with Crippen LogP contribution in [-0.2, 0) is 16.7 Å². The molecule has 98 valence electrons. The number of rotatable bonds is 2. The second-order valence-electron chi connectivity index (χ2n) is 4.95. The van der Waals surface area contributed by atoms with Crippen LogP contribution in [-0.4, -0.2) is 24.1 Å². The van der Waals surface area contributed by atoms with Gasteiger partial charge in [-0.2, -0.15) is 0 Å². The highest BCUT2D eigenvalue weighted by atomic mass is 16.5. The minimum atomic E-state index is -0.401. The lowest BCUT2D eigenvalue weighted by molar-refractivity contribution is 0.0527. The van der Waals surface area contributed by atoms with Crippen LogP contribution >= 0.6 is 0 Å². The number of esters is 1. The van der Waals surface area contributed by atoms with Crippen LogP contribution in [0, 0.1) is 0 Å². The molecule has 3 N–H and O–H groups in total. The molecule has 0 amide bonds. The molecule has 0 radical (unpaired) electrons. The molecule has 0 aromatic carbocycles. The van der Waals surface area contributed by atoms with Gasteiger partial charge in [0.05, 0.1) is 17.8 Å². The molecule has 2 rings (SSSR count). The summed E-state index contributed by atoms with van der Waals surface area (Å²) >= 11 is 0. The number of nitrogen functional groups attached to an aromatic ring is 1. The van der Waals surface area contributed by atoms with Crippen molar-refractivity contribution in [3.63, 3.8) is 0 Å². The van der Waals surface area contributed by atoms with Crippen molar-refractivity contribution in [3.05, 3.63) is 22.9 Å². The lowest BCUT2D eigenvalue weighted by Crippen LogP contribution is -2.43. The van der Waals surface area contributed by atoms with Crippen molar-refractivity contribution < 1.29 is 9.53 Å². The fourth-order valence-corrected chi connectivity index (χ4v) is 2.27. The molecule has 1 aliphatic heterocycles. The van der Waals surface area contributed by atoms with Gasteiger partial charge in [0.1, 0.15) is 11.4 Å². The van der Waals surface area contributed by atoms with Gasteiger partial charge in [-0.3, -0.25) is 0 Å². The van der Waals surface area contributed by atoms with Gasteiger partial charge in [-0.25, -0.2) is 9.78 Å². The first kappa shape index (κ1) is 12.8. The van der Waals surface area contributed by atoms with E-state index in [0.29, 0.717) is 12.2 Å². The highest BCUT2D eigenvalue weighted by Crippen LogP contribution is 2.28. The Hall–Kier alpha value is -1.62. The van der Waals surface area contributed by atoms with Crippen LogP contribution in [0.5, 0.6) is 0 Å². The predicted octanol–water partition coefficient (Wildman–Crippen LogP) is 1.22. The van der Waals surface area contributed by atoms with Crippen LogP contribution in [0.3, 0.4) is 0 Å². The standard InChI is InChI=1S/C13H19N3O2/c1-4-18-12(17)9-7-8-5-6-15-13(2,3)10(8)16-11(9)14/h7,15H,4-6H2,1-3H3,(H2,14,16). The number of ether oxygens (including phenoxy) is 1. The van der Waals surface area contributed by atoms with Gasteiger partial charge in [0.15, 0.2) is 0 Å². The van der Waals surface area contributed by atoms with E-state index in [9.17, 15) is 4.79 Å². The Morgan fingerprint density at radius 3 is 3.00 bits per heavy atom. The quantitative estimate of drug-likeness (QED) is 0.771. The van der Waals surface area contributed by atoms with E-state index >= 15 is 0 Å². The second kappa shape index (κ2) is 4.57. The third-order valence-electron chi connectivity index (χ3n) is 3.18. The number of nitrogens with zero attached hydrogens (tertiary/aromatic N) is 1. The number of aromatic nitrogens is 1. The zero-order valence-electron chi connectivity index (χ0n) is 11.0. The summed E-state index contributed by atoms with van der Waals surface area (Å²) in [5.41, 5.74) is 7.99. The molecule has 0 unspecified atom stereocenters. The molecule has 18 heavy (non-hydrogen) atoms. The van der Waals surface area contributed by atoms with Gasteiger partial charge in [-0.05, 0) is 38.8 Å². The Kier molecular flexibility index (Phi) is 3.26. The Labute approximate surface area is 107 Å². The third kappa shape index (κ3) is 2.18. The first-order valence-electron chi connectivity index (χ1n) is 6.17. The van der Waals surface area contributed by atoms with Gasteiger partial charge in [0, 0.05) is 6.54 Å². The molecule has 0 bridgehead atoms. The van der Waals surface area contributed by atoms with Gasteiger partial charge in [-0.1, -0.05) is 0 Å². The van der Waals surface area contributed by atoms with E-state index in [1.807, 2.05) is 6.07 Å². The van der Waals surface area contributed by atoms with E-state index in [1.165, 1.54) is 0 Å². The van der Waals surface area contributed by atoms with Crippen LogP contribution in [0.1, 0.15) is 42.4 Å². The van der Waals surface area contributed by atoms with Crippen LogP contribution < -0.4 is 11.1 Å². The topological polar surface area (TPSA) is 77.2 Å². The monoisotopic (exact) mass is 249 g/mol. The third-order valence-corrected chi connectivity index (χ3v) is 3.18. The van der Waals surface area contributed by atoms with E-state index < -0.39 is 5.97 Å². The largest absolute Gasteiger partial charge is 0.462 e. The highest BCUT2D eigenvalue weighted by Gasteiger charge is 2.30. The number of fused-ring (bicyclic) bond motifs is 1. The molecular formula is C13H19N3O2. The minimum absolute atomic E-state index is 0.213. The molecule has 0 saturated heterocycles. The summed E-state index contributed by atoms with van der Waals surface area (Å²) in [6.07, 6.45) is 0.846. The van der Waals surface area contributed by atoms with Crippen molar-refractivity contribution in [1.29, 1.82) is 0 Å². The summed E-state index contributed by atoms with van der Waals surface area (Å²) in [6, 6.07) is 1.82. The molecule has 0 spiro atoms. The first-order valence-corrected chi connectivity index (χ1v) is 6.17. The van der Waals surface area contributed by atoms with E-state index in [0.717, 1.165) is 24.2 Å². The summed E-state index contributed by atoms with van der Waals surface area (Å²) in [7, 11) is 0. The highest BCUT2D eigenvalue weighted by molar-refractivity contribution is 5.94. The van der Waals surface area contributed by atoms with Gasteiger partial charge in [0.25, 0.3) is 0 Å². The first-order chi connectivity index (χ1) is 8.45. The molecule has 2 heterocycles. The lowest BCUT2D eigenvalue weighted by atomic mass is 9.89. The number of hydrogen-bond acceptors (Lipinski definition) is 5. The molecule has 1 aromatic heterocycles. The van der Waals surface area contributed by atoms with Crippen LogP contribution in [0.4, 0.5) is 5.82 Å². The van der Waals surface area contributed by atoms with E-state index in [1.54, 1.807) is 6.92 Å². The zero-order chi connectivity index (χ0) is 13.3. The maximum atomic E-state index is 11.8. The average molecular weight is 249 g/mol. The fourth-order valence-electron chi connectivity index (χ4n) is 2.27. The summed E-state index contributed by atoms with van der Waals surface area (Å²) < 4.78 is 4.98.